The number of benzene rings is 3. The van der Waals surface area contributed by atoms with Gasteiger partial charge in [0, 0.05) is 19.2 Å². The van der Waals surface area contributed by atoms with Crippen LogP contribution in [-0.2, 0) is 10.0 Å². The molecule has 0 radical (unpaired) electrons. The number of amides is 1. The van der Waals surface area contributed by atoms with Gasteiger partial charge in [-0.1, -0.05) is 54.6 Å². The van der Waals surface area contributed by atoms with Crippen LogP contribution in [0.1, 0.15) is 41.4 Å². The Morgan fingerprint density at radius 2 is 1.52 bits per heavy atom. The molecule has 5 nitrogen and oxygen atoms in total. The van der Waals surface area contributed by atoms with Crippen LogP contribution in [0.3, 0.4) is 0 Å². The lowest BCUT2D eigenvalue weighted by Gasteiger charge is -2.27. The quantitative estimate of drug-likeness (QED) is 0.521. The maximum absolute atomic E-state index is 13.5. The number of para-hydroxylation sites is 1. The zero-order chi connectivity index (χ0) is 22.6. The highest BCUT2D eigenvalue weighted by molar-refractivity contribution is 7.92. The summed E-state index contributed by atoms with van der Waals surface area (Å²) in [5, 5.41) is 0. The molecule has 0 saturated carbocycles. The molecule has 0 fully saturated rings. The predicted octanol–water partition coefficient (Wildman–Crippen LogP) is 5.04. The van der Waals surface area contributed by atoms with Crippen molar-refractivity contribution in [2.24, 2.45) is 0 Å². The van der Waals surface area contributed by atoms with Gasteiger partial charge in [0.2, 0.25) is 0 Å². The van der Waals surface area contributed by atoms with E-state index >= 15 is 0 Å². The van der Waals surface area contributed by atoms with Crippen LogP contribution in [0.2, 0.25) is 0 Å². The lowest BCUT2D eigenvalue weighted by Crippen LogP contribution is -2.32. The van der Waals surface area contributed by atoms with Crippen LogP contribution in [0.5, 0.6) is 0 Å². The number of anilines is 1. The van der Waals surface area contributed by atoms with Crippen LogP contribution >= 0.6 is 0 Å². The minimum Gasteiger partial charge on any atom is -0.335 e. The number of nitrogens with zero attached hydrogens (tertiary/aromatic N) is 2. The van der Waals surface area contributed by atoms with Gasteiger partial charge in [-0.2, -0.15) is 0 Å². The summed E-state index contributed by atoms with van der Waals surface area (Å²) in [6.07, 6.45) is 0. The Morgan fingerprint density at radius 3 is 2.10 bits per heavy atom. The van der Waals surface area contributed by atoms with Crippen molar-refractivity contribution in [3.63, 3.8) is 0 Å². The molecule has 0 unspecified atom stereocenters. The molecule has 1 amide bonds. The Kier molecular flexibility index (Phi) is 6.81. The van der Waals surface area contributed by atoms with Crippen LogP contribution in [-0.4, -0.2) is 32.8 Å². The van der Waals surface area contributed by atoms with Crippen molar-refractivity contribution >= 4 is 21.6 Å². The summed E-state index contributed by atoms with van der Waals surface area (Å²) >= 11 is 0. The number of aryl methyl sites for hydroxylation is 1. The summed E-state index contributed by atoms with van der Waals surface area (Å²) in [7, 11) is -2.09. The third kappa shape index (κ3) is 4.64. The summed E-state index contributed by atoms with van der Waals surface area (Å²) < 4.78 is 28.3. The molecular formula is C25H28N2O3S. The molecule has 0 heterocycles. The van der Waals surface area contributed by atoms with Crippen molar-refractivity contribution in [3.05, 3.63) is 95.6 Å². The SMILES string of the molecule is CCN(c1ccccc1)S(=O)(=O)c1cc(C(=O)N(C)[C@@H](C)c2ccccc2)ccc1C. The molecule has 0 saturated heterocycles. The second-order valence-corrected chi connectivity index (χ2v) is 9.32. The highest BCUT2D eigenvalue weighted by atomic mass is 32.2. The van der Waals surface area contributed by atoms with E-state index < -0.39 is 10.0 Å². The van der Waals surface area contributed by atoms with Crippen molar-refractivity contribution in [1.82, 2.24) is 4.90 Å². The summed E-state index contributed by atoms with van der Waals surface area (Å²) in [6.45, 7) is 5.78. The van der Waals surface area contributed by atoms with E-state index in [0.29, 0.717) is 16.8 Å². The molecule has 3 aromatic carbocycles. The molecule has 1 atom stereocenters. The second-order valence-electron chi connectivity index (χ2n) is 7.49. The molecule has 162 valence electrons. The minimum absolute atomic E-state index is 0.143. The first kappa shape index (κ1) is 22.6. The van der Waals surface area contributed by atoms with E-state index in [0.717, 1.165) is 5.56 Å². The largest absolute Gasteiger partial charge is 0.335 e. The highest BCUT2D eigenvalue weighted by Crippen LogP contribution is 2.27. The van der Waals surface area contributed by atoms with Gasteiger partial charge >= 0.3 is 0 Å². The summed E-state index contributed by atoms with van der Waals surface area (Å²) in [4.78, 5) is 15.0. The van der Waals surface area contributed by atoms with Crippen LogP contribution in [0.15, 0.2) is 83.8 Å². The fourth-order valence-electron chi connectivity index (χ4n) is 3.55. The van der Waals surface area contributed by atoms with Gasteiger partial charge in [-0.05, 0) is 56.2 Å². The monoisotopic (exact) mass is 436 g/mol. The molecule has 0 spiro atoms. The van der Waals surface area contributed by atoms with Crippen LogP contribution < -0.4 is 4.31 Å². The van der Waals surface area contributed by atoms with Crippen molar-refractivity contribution in [3.8, 4) is 0 Å². The van der Waals surface area contributed by atoms with Crippen molar-refractivity contribution in [2.45, 2.75) is 31.7 Å². The number of hydrogen-bond acceptors (Lipinski definition) is 3. The Morgan fingerprint density at radius 1 is 0.935 bits per heavy atom. The van der Waals surface area contributed by atoms with Crippen molar-refractivity contribution in [2.75, 3.05) is 17.9 Å². The van der Waals surface area contributed by atoms with Gasteiger partial charge in [-0.25, -0.2) is 8.42 Å². The Bertz CT molecular complexity index is 1150. The molecule has 0 aromatic heterocycles. The first-order valence-electron chi connectivity index (χ1n) is 10.3. The number of rotatable bonds is 7. The smallest absolute Gasteiger partial charge is 0.264 e. The van der Waals surface area contributed by atoms with Gasteiger partial charge in [0.1, 0.15) is 0 Å². The van der Waals surface area contributed by atoms with Crippen LogP contribution in [0.4, 0.5) is 5.69 Å². The van der Waals surface area contributed by atoms with E-state index in [9.17, 15) is 13.2 Å². The standard InChI is InChI=1S/C25H28N2O3S/c1-5-27(23-14-10-7-11-15-23)31(29,30)24-18-22(17-16-19(24)2)25(28)26(4)20(3)21-12-8-6-9-13-21/h6-18,20H,5H2,1-4H3/t20-/m0/s1. The third-order valence-corrected chi connectivity index (χ3v) is 7.56. The van der Waals surface area contributed by atoms with Crippen molar-refractivity contribution in [1.29, 1.82) is 0 Å². The molecule has 0 bridgehead atoms. The zero-order valence-corrected chi connectivity index (χ0v) is 19.1. The Hall–Kier alpha value is -3.12. The Labute approximate surface area is 185 Å². The average molecular weight is 437 g/mol. The second kappa shape index (κ2) is 9.35. The van der Waals surface area contributed by atoms with E-state index in [1.165, 1.54) is 10.4 Å². The zero-order valence-electron chi connectivity index (χ0n) is 18.3. The number of sulfonamides is 1. The fourth-order valence-corrected chi connectivity index (χ4v) is 5.28. The molecule has 3 aromatic rings. The van der Waals surface area contributed by atoms with E-state index in [4.69, 9.17) is 0 Å². The number of carbonyl (C=O) groups excluding carboxylic acids is 1. The topological polar surface area (TPSA) is 57.7 Å². The third-order valence-electron chi connectivity index (χ3n) is 5.52. The predicted molar refractivity (Wildman–Crippen MR) is 125 cm³/mol. The molecule has 0 aliphatic rings. The van der Waals surface area contributed by atoms with E-state index in [-0.39, 0.29) is 23.4 Å². The Balaban J connectivity index is 1.97. The van der Waals surface area contributed by atoms with Gasteiger partial charge in [0.15, 0.2) is 0 Å². The van der Waals surface area contributed by atoms with Crippen LogP contribution in [0, 0.1) is 6.92 Å². The van der Waals surface area contributed by atoms with Crippen LogP contribution in [0.25, 0.3) is 0 Å². The first-order valence-corrected chi connectivity index (χ1v) is 11.7. The lowest BCUT2D eigenvalue weighted by molar-refractivity contribution is 0.0742. The van der Waals surface area contributed by atoms with E-state index in [2.05, 4.69) is 0 Å². The maximum atomic E-state index is 13.5. The molecular weight excluding hydrogens is 408 g/mol. The summed E-state index contributed by atoms with van der Waals surface area (Å²) in [6, 6.07) is 23.5. The van der Waals surface area contributed by atoms with Gasteiger partial charge in [0.25, 0.3) is 15.9 Å². The molecule has 0 aliphatic heterocycles. The van der Waals surface area contributed by atoms with Gasteiger partial charge in [-0.15, -0.1) is 0 Å². The average Bonchev–Trinajstić information content (AvgIpc) is 2.79. The molecule has 6 heteroatoms. The highest BCUT2D eigenvalue weighted by Gasteiger charge is 2.27. The van der Waals surface area contributed by atoms with Gasteiger partial charge in [0.05, 0.1) is 16.6 Å². The van der Waals surface area contributed by atoms with E-state index in [1.807, 2.05) is 43.3 Å². The summed E-state index contributed by atoms with van der Waals surface area (Å²) in [5.41, 5.74) is 2.55. The number of hydrogen-bond donors (Lipinski definition) is 0. The minimum atomic E-state index is -3.83. The molecule has 0 aliphatic carbocycles. The van der Waals surface area contributed by atoms with Crippen molar-refractivity contribution < 1.29 is 13.2 Å². The maximum Gasteiger partial charge on any atom is 0.264 e. The first-order chi connectivity index (χ1) is 14.8. The normalized spacial score (nSPS) is 12.3. The molecule has 0 N–H and O–H groups in total. The number of carbonyl (C=O) groups is 1. The fraction of sp³-hybridized carbons (Fsp3) is 0.240. The van der Waals surface area contributed by atoms with Gasteiger partial charge in [-0.3, -0.25) is 9.10 Å². The van der Waals surface area contributed by atoms with Gasteiger partial charge < -0.3 is 4.90 Å². The summed E-state index contributed by atoms with van der Waals surface area (Å²) in [5.74, 6) is -0.226. The lowest BCUT2D eigenvalue weighted by atomic mass is 10.1. The van der Waals surface area contributed by atoms with E-state index in [1.54, 1.807) is 62.2 Å². The molecule has 3 rings (SSSR count). The molecule has 31 heavy (non-hydrogen) atoms.